The molecule has 27 heavy (non-hydrogen) atoms. The number of hydrogen-bond acceptors (Lipinski definition) is 4. The first-order valence-electron chi connectivity index (χ1n) is 8.67. The average Bonchev–Trinajstić information content (AvgIpc) is 2.57. The van der Waals surface area contributed by atoms with Gasteiger partial charge in [-0.3, -0.25) is 9.98 Å². The van der Waals surface area contributed by atoms with E-state index in [4.69, 9.17) is 9.47 Å². The van der Waals surface area contributed by atoms with Crippen LogP contribution in [0, 0.1) is 0 Å². The average molecular weight is 386 g/mol. The number of hydrogen-bond donors (Lipinski definition) is 0. The van der Waals surface area contributed by atoms with Crippen LogP contribution in [0.25, 0.3) is 0 Å². The molecule has 0 bridgehead atoms. The molecule has 0 aliphatic heterocycles. The second-order valence-electron chi connectivity index (χ2n) is 5.81. The molecule has 0 heterocycles. The third-order valence-electron chi connectivity index (χ3n) is 3.00. The van der Waals surface area contributed by atoms with Crippen LogP contribution in [0.5, 0.6) is 0 Å². The van der Waals surface area contributed by atoms with Crippen LogP contribution in [-0.4, -0.2) is 50.7 Å². The molecule has 0 N–H and O–H groups in total. The van der Waals surface area contributed by atoms with Crippen molar-refractivity contribution in [3.63, 3.8) is 0 Å². The van der Waals surface area contributed by atoms with E-state index >= 15 is 0 Å². The molecule has 0 fully saturated rings. The van der Waals surface area contributed by atoms with Gasteiger partial charge in [-0.25, -0.2) is 0 Å². The lowest BCUT2D eigenvalue weighted by Crippen LogP contribution is -2.24. The Balaban J connectivity index is 5.19. The number of rotatable bonds is 13. The van der Waals surface area contributed by atoms with Crippen LogP contribution in [0.3, 0.4) is 0 Å². The molecule has 0 amide bonds. The summed E-state index contributed by atoms with van der Waals surface area (Å²) in [4.78, 5) is 8.01. The number of allylic oxidation sites excluding steroid dienone is 1. The van der Waals surface area contributed by atoms with Gasteiger partial charge < -0.3 is 9.47 Å². The van der Waals surface area contributed by atoms with Crippen LogP contribution in [0.2, 0.25) is 0 Å². The summed E-state index contributed by atoms with van der Waals surface area (Å²) in [5.41, 5.74) is 0.493. The molecule has 7 heteroatoms. The van der Waals surface area contributed by atoms with E-state index in [0.717, 1.165) is 6.08 Å². The first-order valence-corrected chi connectivity index (χ1v) is 8.67. The maximum absolute atomic E-state index is 12.1. The molecule has 0 aliphatic carbocycles. The summed E-state index contributed by atoms with van der Waals surface area (Å²) in [5.74, 6) is 0.263. The van der Waals surface area contributed by atoms with Crippen molar-refractivity contribution in [3.8, 4) is 0 Å². The Morgan fingerprint density at radius 2 is 1.89 bits per heavy atom. The predicted molar refractivity (Wildman–Crippen MR) is 106 cm³/mol. The second-order valence-corrected chi connectivity index (χ2v) is 5.81. The molecule has 1 atom stereocenters. The summed E-state index contributed by atoms with van der Waals surface area (Å²) in [5, 5.41) is 0. The van der Waals surface area contributed by atoms with Crippen LogP contribution in [-0.2, 0) is 9.47 Å². The molecule has 0 aromatic carbocycles. The Bertz CT molecular complexity index is 550. The number of alkyl halides is 3. The highest BCUT2D eigenvalue weighted by molar-refractivity contribution is 5.94. The summed E-state index contributed by atoms with van der Waals surface area (Å²) in [6.07, 6.45) is 2.36. The molecule has 0 saturated carbocycles. The van der Waals surface area contributed by atoms with Gasteiger partial charge in [0.25, 0.3) is 0 Å². The van der Waals surface area contributed by atoms with Crippen molar-refractivity contribution in [1.29, 1.82) is 0 Å². The summed E-state index contributed by atoms with van der Waals surface area (Å²) < 4.78 is 47.9. The van der Waals surface area contributed by atoms with Gasteiger partial charge in [0.1, 0.15) is 6.10 Å². The SMILES string of the molecule is C=CCCO/C(=N\CC/C=C/C(F)(F)F)C(=C)C(C=CCN=C)OC(C)C. The molecular weight excluding hydrogens is 357 g/mol. The van der Waals surface area contributed by atoms with Gasteiger partial charge in [0.05, 0.1) is 19.3 Å². The number of aliphatic imine (C=N–C) groups is 2. The fourth-order valence-corrected chi connectivity index (χ4v) is 1.85. The van der Waals surface area contributed by atoms with Crippen molar-refractivity contribution in [1.82, 2.24) is 0 Å². The Morgan fingerprint density at radius 1 is 1.19 bits per heavy atom. The van der Waals surface area contributed by atoms with Crippen molar-refractivity contribution in [2.45, 2.75) is 45.1 Å². The first kappa shape index (κ1) is 24.8. The van der Waals surface area contributed by atoms with Crippen molar-refractivity contribution in [2.75, 3.05) is 19.7 Å². The van der Waals surface area contributed by atoms with E-state index in [2.05, 4.69) is 29.9 Å². The van der Waals surface area contributed by atoms with Crippen molar-refractivity contribution >= 4 is 12.6 Å². The van der Waals surface area contributed by atoms with Crippen molar-refractivity contribution in [2.24, 2.45) is 9.98 Å². The van der Waals surface area contributed by atoms with Gasteiger partial charge in [0, 0.05) is 18.2 Å². The van der Waals surface area contributed by atoms with E-state index < -0.39 is 12.3 Å². The topological polar surface area (TPSA) is 43.2 Å². The van der Waals surface area contributed by atoms with Crippen molar-refractivity contribution in [3.05, 3.63) is 49.1 Å². The first-order chi connectivity index (χ1) is 12.7. The summed E-state index contributed by atoms with van der Waals surface area (Å²) in [6.45, 7) is 15.7. The predicted octanol–water partition coefficient (Wildman–Crippen LogP) is 5.09. The van der Waals surface area contributed by atoms with Crippen LogP contribution < -0.4 is 0 Å². The van der Waals surface area contributed by atoms with Gasteiger partial charge in [-0.2, -0.15) is 13.2 Å². The van der Waals surface area contributed by atoms with Crippen LogP contribution >= 0.6 is 0 Å². The highest BCUT2D eigenvalue weighted by Gasteiger charge is 2.21. The minimum Gasteiger partial charge on any atom is -0.477 e. The highest BCUT2D eigenvalue weighted by Crippen LogP contribution is 2.16. The molecule has 152 valence electrons. The summed E-state index contributed by atoms with van der Waals surface area (Å²) in [7, 11) is 0. The molecule has 0 aliphatic rings. The smallest absolute Gasteiger partial charge is 0.409 e. The van der Waals surface area contributed by atoms with Crippen LogP contribution in [0.1, 0.15) is 26.7 Å². The van der Waals surface area contributed by atoms with Gasteiger partial charge in [-0.05, 0) is 33.4 Å². The van der Waals surface area contributed by atoms with E-state index in [1.807, 2.05) is 13.8 Å². The van der Waals surface area contributed by atoms with Gasteiger partial charge >= 0.3 is 6.18 Å². The lowest BCUT2D eigenvalue weighted by Gasteiger charge is -2.21. The Hall–Kier alpha value is -2.15. The van der Waals surface area contributed by atoms with Gasteiger partial charge in [0.2, 0.25) is 5.90 Å². The molecular formula is C20H29F3N2O2. The summed E-state index contributed by atoms with van der Waals surface area (Å²) >= 11 is 0. The summed E-state index contributed by atoms with van der Waals surface area (Å²) in [6, 6.07) is 0. The van der Waals surface area contributed by atoms with E-state index in [1.54, 1.807) is 18.2 Å². The maximum Gasteiger partial charge on any atom is 0.409 e. The third kappa shape index (κ3) is 13.7. The molecule has 0 saturated heterocycles. The van der Waals surface area contributed by atoms with Crippen LogP contribution in [0.15, 0.2) is 59.1 Å². The molecule has 0 aromatic rings. The lowest BCUT2D eigenvalue weighted by molar-refractivity contribution is -0.0800. The van der Waals surface area contributed by atoms with E-state index in [-0.39, 0.29) is 31.0 Å². The zero-order chi connectivity index (χ0) is 20.7. The third-order valence-corrected chi connectivity index (χ3v) is 3.00. The van der Waals surface area contributed by atoms with Gasteiger partial charge in [-0.1, -0.05) is 30.9 Å². The normalized spacial score (nSPS) is 14.1. The zero-order valence-electron chi connectivity index (χ0n) is 16.0. The monoisotopic (exact) mass is 386 g/mol. The fraction of sp³-hybridized carbons (Fsp3) is 0.500. The lowest BCUT2D eigenvalue weighted by atomic mass is 10.1. The minimum atomic E-state index is -4.32. The largest absolute Gasteiger partial charge is 0.477 e. The Morgan fingerprint density at radius 3 is 2.44 bits per heavy atom. The maximum atomic E-state index is 12.1. The van der Waals surface area contributed by atoms with E-state index in [0.29, 0.717) is 25.1 Å². The quantitative estimate of drug-likeness (QED) is 0.191. The van der Waals surface area contributed by atoms with Gasteiger partial charge in [0.15, 0.2) is 0 Å². The highest BCUT2D eigenvalue weighted by atomic mass is 19.4. The van der Waals surface area contributed by atoms with Crippen molar-refractivity contribution < 1.29 is 22.6 Å². The molecule has 0 radical (unpaired) electrons. The Kier molecular flexibility index (Phi) is 12.9. The number of nitrogens with zero attached hydrogens (tertiary/aromatic N) is 2. The Labute approximate surface area is 159 Å². The minimum absolute atomic E-state index is 0.0720. The molecule has 0 aromatic heterocycles. The second kappa shape index (κ2) is 14.0. The number of ether oxygens (including phenoxy) is 2. The van der Waals surface area contributed by atoms with Crippen LogP contribution in [0.4, 0.5) is 13.2 Å². The molecule has 0 spiro atoms. The fourth-order valence-electron chi connectivity index (χ4n) is 1.85. The molecule has 4 nitrogen and oxygen atoms in total. The standard InChI is InChI=1S/C20H29F3N2O2/c1-6-7-15-26-19(25-14-9-8-12-20(21,22)23)17(4)18(27-16(2)3)11-10-13-24-5/h6,8,10-12,16,18H,1,4-5,7,9,13-15H2,2-3H3/b11-10?,12-8+,25-19-. The molecule has 1 unspecified atom stereocenters. The van der Waals surface area contributed by atoms with E-state index in [1.165, 1.54) is 0 Å². The van der Waals surface area contributed by atoms with Gasteiger partial charge in [-0.15, -0.1) is 6.58 Å². The zero-order valence-corrected chi connectivity index (χ0v) is 16.0. The van der Waals surface area contributed by atoms with E-state index in [9.17, 15) is 13.2 Å². The number of halogens is 3. The molecule has 0 rings (SSSR count).